The molecule has 0 atom stereocenters. The Labute approximate surface area is 143 Å². The van der Waals surface area contributed by atoms with Crippen LogP contribution in [-0.4, -0.2) is 19.6 Å². The highest BCUT2D eigenvalue weighted by Crippen LogP contribution is 2.29. The summed E-state index contributed by atoms with van der Waals surface area (Å²) in [5.74, 6) is -0.0817. The van der Waals surface area contributed by atoms with Crippen molar-refractivity contribution in [1.29, 1.82) is 0 Å². The lowest BCUT2D eigenvalue weighted by molar-refractivity contribution is -0.120. The number of hydrogen-bond donors (Lipinski definition) is 1. The van der Waals surface area contributed by atoms with Gasteiger partial charge in [-0.05, 0) is 29.3 Å². The van der Waals surface area contributed by atoms with E-state index >= 15 is 0 Å². The van der Waals surface area contributed by atoms with Crippen LogP contribution in [0.15, 0.2) is 42.5 Å². The summed E-state index contributed by atoms with van der Waals surface area (Å²) < 4.78 is 33.9. The second-order valence-corrected chi connectivity index (χ2v) is 5.32. The van der Waals surface area contributed by atoms with E-state index in [0.717, 1.165) is 5.56 Å². The van der Waals surface area contributed by atoms with Gasteiger partial charge in [0.25, 0.3) is 0 Å². The normalized spacial score (nSPS) is 10.5. The Kier molecular flexibility index (Phi) is 6.37. The van der Waals surface area contributed by atoms with E-state index in [2.05, 4.69) is 10.1 Å². The summed E-state index contributed by atoms with van der Waals surface area (Å²) in [6.07, 6.45) is 0.156. The van der Waals surface area contributed by atoms with Crippen LogP contribution in [0.25, 0.3) is 0 Å². The molecular formula is C17H16ClF2NO3. The Morgan fingerprint density at radius 3 is 2.62 bits per heavy atom. The summed E-state index contributed by atoms with van der Waals surface area (Å²) in [6, 6.07) is 11.6. The molecule has 1 N–H and O–H groups in total. The number of carbonyl (C=O) groups is 1. The summed E-state index contributed by atoms with van der Waals surface area (Å²) in [7, 11) is 1.35. The number of carbonyl (C=O) groups excluding carboxylic acids is 1. The molecule has 4 nitrogen and oxygen atoms in total. The lowest BCUT2D eigenvalue weighted by Crippen LogP contribution is -2.24. The highest BCUT2D eigenvalue weighted by molar-refractivity contribution is 6.31. The number of halogens is 3. The van der Waals surface area contributed by atoms with Gasteiger partial charge in [0.15, 0.2) is 11.5 Å². The van der Waals surface area contributed by atoms with E-state index in [-0.39, 0.29) is 30.4 Å². The number of nitrogens with one attached hydrogen (secondary N) is 1. The molecule has 7 heteroatoms. The molecular weight excluding hydrogens is 340 g/mol. The molecule has 2 aromatic carbocycles. The van der Waals surface area contributed by atoms with E-state index in [0.29, 0.717) is 10.6 Å². The van der Waals surface area contributed by atoms with Crippen molar-refractivity contribution in [3.63, 3.8) is 0 Å². The van der Waals surface area contributed by atoms with Crippen LogP contribution in [0.4, 0.5) is 8.78 Å². The van der Waals surface area contributed by atoms with Crippen molar-refractivity contribution in [2.45, 2.75) is 19.6 Å². The molecule has 0 fully saturated rings. The molecule has 0 bridgehead atoms. The second kappa shape index (κ2) is 8.49. The Balaban J connectivity index is 1.96. The number of benzene rings is 2. The van der Waals surface area contributed by atoms with E-state index in [1.807, 2.05) is 0 Å². The zero-order chi connectivity index (χ0) is 17.5. The summed E-state index contributed by atoms with van der Waals surface area (Å²) in [6.45, 7) is -2.70. The predicted octanol–water partition coefficient (Wildman–Crippen LogP) is 3.81. The van der Waals surface area contributed by atoms with Crippen LogP contribution in [0.3, 0.4) is 0 Å². The van der Waals surface area contributed by atoms with Gasteiger partial charge in [-0.2, -0.15) is 8.78 Å². The molecule has 24 heavy (non-hydrogen) atoms. The zero-order valence-corrected chi connectivity index (χ0v) is 13.6. The smallest absolute Gasteiger partial charge is 0.387 e. The Morgan fingerprint density at radius 1 is 1.21 bits per heavy atom. The lowest BCUT2D eigenvalue weighted by Gasteiger charge is -2.12. The summed E-state index contributed by atoms with van der Waals surface area (Å²) in [4.78, 5) is 12.0. The molecule has 0 aromatic heterocycles. The maximum absolute atomic E-state index is 12.3. The van der Waals surface area contributed by atoms with Crippen molar-refractivity contribution >= 4 is 17.5 Å². The number of hydrogen-bond acceptors (Lipinski definition) is 3. The Hall–Kier alpha value is -2.34. The maximum atomic E-state index is 12.3. The molecule has 0 radical (unpaired) electrons. The molecule has 0 aliphatic carbocycles. The van der Waals surface area contributed by atoms with E-state index in [9.17, 15) is 13.6 Å². The largest absolute Gasteiger partial charge is 0.493 e. The van der Waals surface area contributed by atoms with Gasteiger partial charge in [-0.25, -0.2) is 0 Å². The summed E-state index contributed by atoms with van der Waals surface area (Å²) in [5.41, 5.74) is 1.43. The molecule has 0 saturated heterocycles. The molecule has 0 heterocycles. The molecule has 128 valence electrons. The third-order valence-electron chi connectivity index (χ3n) is 3.24. The van der Waals surface area contributed by atoms with Gasteiger partial charge < -0.3 is 14.8 Å². The topological polar surface area (TPSA) is 47.6 Å². The van der Waals surface area contributed by atoms with Gasteiger partial charge in [0.1, 0.15) is 0 Å². The van der Waals surface area contributed by atoms with Gasteiger partial charge in [-0.1, -0.05) is 35.9 Å². The van der Waals surface area contributed by atoms with Crippen molar-refractivity contribution in [3.05, 3.63) is 58.6 Å². The fraction of sp³-hybridized carbons (Fsp3) is 0.235. The van der Waals surface area contributed by atoms with E-state index in [4.69, 9.17) is 16.3 Å². The Morgan fingerprint density at radius 2 is 1.96 bits per heavy atom. The molecule has 0 aliphatic heterocycles. The predicted molar refractivity (Wildman–Crippen MR) is 86.6 cm³/mol. The first-order valence-electron chi connectivity index (χ1n) is 7.11. The van der Waals surface area contributed by atoms with Gasteiger partial charge in [-0.3, -0.25) is 4.79 Å². The van der Waals surface area contributed by atoms with Gasteiger partial charge in [-0.15, -0.1) is 0 Å². The van der Waals surface area contributed by atoms with Crippen molar-refractivity contribution < 1.29 is 23.0 Å². The van der Waals surface area contributed by atoms with Crippen LogP contribution >= 0.6 is 11.6 Å². The number of amides is 1. The van der Waals surface area contributed by atoms with Crippen LogP contribution in [0, 0.1) is 0 Å². The number of alkyl halides is 2. The Bertz CT molecular complexity index is 710. The van der Waals surface area contributed by atoms with Crippen molar-refractivity contribution in [1.82, 2.24) is 5.32 Å². The molecule has 1 amide bonds. The zero-order valence-electron chi connectivity index (χ0n) is 12.9. The van der Waals surface area contributed by atoms with E-state index < -0.39 is 6.61 Å². The van der Waals surface area contributed by atoms with Gasteiger partial charge in [0, 0.05) is 11.6 Å². The number of rotatable bonds is 7. The van der Waals surface area contributed by atoms with Crippen LogP contribution < -0.4 is 14.8 Å². The first-order chi connectivity index (χ1) is 11.5. The van der Waals surface area contributed by atoms with Gasteiger partial charge in [0.2, 0.25) is 5.91 Å². The SMILES string of the molecule is COc1cc(CNC(=O)Cc2ccccc2Cl)ccc1OC(F)F. The highest BCUT2D eigenvalue weighted by Gasteiger charge is 2.12. The lowest BCUT2D eigenvalue weighted by atomic mass is 10.1. The number of ether oxygens (including phenoxy) is 2. The third-order valence-corrected chi connectivity index (χ3v) is 3.61. The first-order valence-corrected chi connectivity index (χ1v) is 7.49. The van der Waals surface area contributed by atoms with Gasteiger partial charge in [0.05, 0.1) is 13.5 Å². The van der Waals surface area contributed by atoms with Crippen LogP contribution in [0.5, 0.6) is 11.5 Å². The standard InChI is InChI=1S/C17H16ClF2NO3/c1-23-15-8-11(6-7-14(15)24-17(19)20)10-21-16(22)9-12-4-2-3-5-13(12)18/h2-8,17H,9-10H2,1H3,(H,21,22). The van der Waals surface area contributed by atoms with Crippen LogP contribution in [0.2, 0.25) is 5.02 Å². The average Bonchev–Trinajstić information content (AvgIpc) is 2.55. The third kappa shape index (κ3) is 5.09. The van der Waals surface area contributed by atoms with Crippen molar-refractivity contribution in [2.24, 2.45) is 0 Å². The van der Waals surface area contributed by atoms with Crippen molar-refractivity contribution in [3.8, 4) is 11.5 Å². The van der Waals surface area contributed by atoms with Gasteiger partial charge >= 0.3 is 6.61 Å². The quantitative estimate of drug-likeness (QED) is 0.821. The fourth-order valence-corrected chi connectivity index (χ4v) is 2.30. The van der Waals surface area contributed by atoms with Crippen LogP contribution in [-0.2, 0) is 17.8 Å². The van der Waals surface area contributed by atoms with Crippen molar-refractivity contribution in [2.75, 3.05) is 7.11 Å². The van der Waals surface area contributed by atoms with Crippen LogP contribution in [0.1, 0.15) is 11.1 Å². The molecule has 2 rings (SSSR count). The molecule has 0 aliphatic rings. The van der Waals surface area contributed by atoms with E-state index in [1.54, 1.807) is 30.3 Å². The maximum Gasteiger partial charge on any atom is 0.387 e. The average molecular weight is 356 g/mol. The first kappa shape index (κ1) is 18.0. The van der Waals surface area contributed by atoms with E-state index in [1.165, 1.54) is 19.2 Å². The minimum atomic E-state index is -2.93. The highest BCUT2D eigenvalue weighted by atomic mass is 35.5. The molecule has 0 spiro atoms. The minimum Gasteiger partial charge on any atom is -0.493 e. The minimum absolute atomic E-state index is 0.0568. The summed E-state index contributed by atoms with van der Waals surface area (Å²) in [5, 5.41) is 3.27. The molecule has 2 aromatic rings. The second-order valence-electron chi connectivity index (χ2n) is 4.91. The molecule has 0 unspecified atom stereocenters. The summed E-state index contributed by atoms with van der Waals surface area (Å²) >= 11 is 6.01. The number of methoxy groups -OCH3 is 1. The molecule has 0 saturated carbocycles. The fourth-order valence-electron chi connectivity index (χ4n) is 2.09. The monoisotopic (exact) mass is 355 g/mol.